The first kappa shape index (κ1) is 17.4. The van der Waals surface area contributed by atoms with E-state index < -0.39 is 0 Å². The first-order chi connectivity index (χ1) is 12.3. The molecule has 25 heavy (non-hydrogen) atoms. The Morgan fingerprint density at radius 2 is 1.48 bits per heavy atom. The average molecular weight is 331 g/mol. The van der Waals surface area contributed by atoms with Crippen molar-refractivity contribution in [2.24, 2.45) is 5.73 Å². The maximum atomic E-state index is 9.42. The zero-order valence-electron chi connectivity index (χ0n) is 14.1. The predicted molar refractivity (Wildman–Crippen MR) is 103 cm³/mol. The van der Waals surface area contributed by atoms with Crippen LogP contribution >= 0.6 is 0 Å². The number of nitrogens with two attached hydrogens (primary N) is 1. The van der Waals surface area contributed by atoms with Crippen LogP contribution in [0.2, 0.25) is 0 Å². The number of rotatable bonds is 7. The summed E-state index contributed by atoms with van der Waals surface area (Å²) < 4.78 is 6.22. The highest BCUT2D eigenvalue weighted by Crippen LogP contribution is 2.10. The third kappa shape index (κ3) is 4.57. The van der Waals surface area contributed by atoms with Crippen molar-refractivity contribution in [3.05, 3.63) is 96.1 Å². The molecule has 0 aliphatic heterocycles. The van der Waals surface area contributed by atoms with Crippen molar-refractivity contribution in [2.75, 3.05) is 6.61 Å². The zero-order chi connectivity index (χ0) is 17.5. The molecular weight excluding hydrogens is 309 g/mol. The van der Waals surface area contributed by atoms with Crippen LogP contribution in [-0.4, -0.2) is 18.6 Å². The molecule has 0 saturated carbocycles. The largest absolute Gasteiger partial charge is 0.425 e. The fraction of sp³-hybridized carbons (Fsp3) is 0.143. The minimum atomic E-state index is -0.220. The molecule has 3 N–H and O–H groups in total. The van der Waals surface area contributed by atoms with Gasteiger partial charge in [-0.1, -0.05) is 84.9 Å². The molecule has 3 aromatic rings. The fourth-order valence-corrected chi connectivity index (χ4v) is 2.86. The van der Waals surface area contributed by atoms with Crippen LogP contribution in [0.3, 0.4) is 0 Å². The molecule has 0 aliphatic rings. The van der Waals surface area contributed by atoms with Crippen LogP contribution in [0.15, 0.2) is 84.9 Å². The van der Waals surface area contributed by atoms with Gasteiger partial charge in [0.2, 0.25) is 0 Å². The second kappa shape index (κ2) is 8.63. The molecule has 0 radical (unpaired) electrons. The van der Waals surface area contributed by atoms with Gasteiger partial charge in [0.05, 0.1) is 12.6 Å². The van der Waals surface area contributed by atoms with Crippen molar-refractivity contribution in [2.45, 2.75) is 12.6 Å². The van der Waals surface area contributed by atoms with Gasteiger partial charge in [0.1, 0.15) is 0 Å². The van der Waals surface area contributed by atoms with E-state index in [-0.39, 0.29) is 19.6 Å². The molecule has 0 bridgehead atoms. The van der Waals surface area contributed by atoms with Crippen LogP contribution in [-0.2, 0) is 11.3 Å². The molecule has 3 rings (SSSR count). The summed E-state index contributed by atoms with van der Waals surface area (Å²) in [4.78, 5) is 0. The molecule has 0 heterocycles. The molecule has 0 amide bonds. The van der Waals surface area contributed by atoms with Gasteiger partial charge in [-0.3, -0.25) is 0 Å². The van der Waals surface area contributed by atoms with Crippen LogP contribution in [0.5, 0.6) is 0 Å². The molecule has 3 aromatic carbocycles. The van der Waals surface area contributed by atoms with Crippen molar-refractivity contribution in [1.82, 2.24) is 0 Å². The Balaban J connectivity index is 1.82. The average Bonchev–Trinajstić information content (AvgIpc) is 2.69. The SMILES string of the molecule is NC(COB(c1ccccc1)c1cccc(CO)c1)c1ccccc1. The maximum absolute atomic E-state index is 9.42. The highest BCUT2D eigenvalue weighted by molar-refractivity contribution is 6.80. The third-order valence-corrected chi connectivity index (χ3v) is 4.21. The molecule has 0 fully saturated rings. The first-order valence-corrected chi connectivity index (χ1v) is 8.44. The summed E-state index contributed by atoms with van der Waals surface area (Å²) in [5.74, 6) is 0. The quantitative estimate of drug-likeness (QED) is 0.651. The molecule has 3 nitrogen and oxygen atoms in total. The summed E-state index contributed by atoms with van der Waals surface area (Å²) in [5.41, 5.74) is 10.3. The second-order valence-corrected chi connectivity index (χ2v) is 6.04. The molecule has 0 spiro atoms. The lowest BCUT2D eigenvalue weighted by Gasteiger charge is -2.19. The van der Waals surface area contributed by atoms with Crippen molar-refractivity contribution in [1.29, 1.82) is 0 Å². The monoisotopic (exact) mass is 331 g/mol. The summed E-state index contributed by atoms with van der Waals surface area (Å²) >= 11 is 0. The molecule has 1 unspecified atom stereocenters. The Kier molecular flexibility index (Phi) is 6.02. The van der Waals surface area contributed by atoms with E-state index >= 15 is 0 Å². The van der Waals surface area contributed by atoms with Gasteiger partial charge in [-0.2, -0.15) is 0 Å². The van der Waals surface area contributed by atoms with Gasteiger partial charge in [-0.25, -0.2) is 0 Å². The van der Waals surface area contributed by atoms with E-state index in [0.717, 1.165) is 22.1 Å². The highest BCUT2D eigenvalue weighted by atomic mass is 16.4. The van der Waals surface area contributed by atoms with Gasteiger partial charge in [-0.15, -0.1) is 0 Å². The van der Waals surface area contributed by atoms with Gasteiger partial charge >= 0.3 is 6.92 Å². The summed E-state index contributed by atoms with van der Waals surface area (Å²) in [6.07, 6.45) is 0. The van der Waals surface area contributed by atoms with E-state index in [4.69, 9.17) is 10.4 Å². The number of hydrogen-bond donors (Lipinski definition) is 2. The Morgan fingerprint density at radius 3 is 2.16 bits per heavy atom. The Morgan fingerprint density at radius 1 is 0.840 bits per heavy atom. The number of aliphatic hydroxyl groups excluding tert-OH is 1. The third-order valence-electron chi connectivity index (χ3n) is 4.21. The van der Waals surface area contributed by atoms with E-state index in [0.29, 0.717) is 6.61 Å². The smallest absolute Gasteiger partial charge is 0.361 e. The molecule has 0 aromatic heterocycles. The summed E-state index contributed by atoms with van der Waals surface area (Å²) in [6.45, 7) is 0.202. The van der Waals surface area contributed by atoms with E-state index in [9.17, 15) is 5.11 Å². The van der Waals surface area contributed by atoms with E-state index in [2.05, 4.69) is 0 Å². The van der Waals surface area contributed by atoms with Crippen molar-refractivity contribution in [3.63, 3.8) is 0 Å². The summed E-state index contributed by atoms with van der Waals surface area (Å²) in [6, 6.07) is 27.7. The van der Waals surface area contributed by atoms with Gasteiger partial charge in [0.15, 0.2) is 0 Å². The highest BCUT2D eigenvalue weighted by Gasteiger charge is 2.22. The van der Waals surface area contributed by atoms with Gasteiger partial charge in [0.25, 0.3) is 0 Å². The second-order valence-electron chi connectivity index (χ2n) is 6.04. The van der Waals surface area contributed by atoms with Gasteiger partial charge in [0, 0.05) is 6.61 Å². The zero-order valence-corrected chi connectivity index (χ0v) is 14.1. The van der Waals surface area contributed by atoms with Gasteiger partial charge in [-0.05, 0) is 22.1 Å². The predicted octanol–water partition coefficient (Wildman–Crippen LogP) is 2.00. The minimum absolute atomic E-state index is 0.0128. The van der Waals surface area contributed by atoms with Crippen molar-refractivity contribution in [3.8, 4) is 0 Å². The normalized spacial score (nSPS) is 11.9. The standard InChI is InChI=1S/C21H22BNO2/c23-21(18-9-3-1-4-10-18)16-25-22(19-11-5-2-6-12-19)20-13-7-8-17(14-20)15-24/h1-14,21,24H,15-16,23H2. The van der Waals surface area contributed by atoms with E-state index in [1.54, 1.807) is 0 Å². The van der Waals surface area contributed by atoms with Crippen molar-refractivity contribution < 1.29 is 9.76 Å². The molecule has 126 valence electrons. The first-order valence-electron chi connectivity index (χ1n) is 8.44. The molecule has 0 aliphatic carbocycles. The Bertz CT molecular complexity index is 780. The molecular formula is C21H22BNO2. The maximum Gasteiger partial charge on any atom is 0.361 e. The lowest BCUT2D eigenvalue weighted by Crippen LogP contribution is -2.46. The lowest BCUT2D eigenvalue weighted by molar-refractivity contribution is 0.282. The van der Waals surface area contributed by atoms with E-state index in [1.807, 2.05) is 84.9 Å². The van der Waals surface area contributed by atoms with Crippen LogP contribution < -0.4 is 16.7 Å². The number of benzene rings is 3. The summed E-state index contributed by atoms with van der Waals surface area (Å²) in [7, 11) is 0. The molecule has 0 saturated heterocycles. The van der Waals surface area contributed by atoms with Crippen LogP contribution in [0.1, 0.15) is 17.2 Å². The fourth-order valence-electron chi connectivity index (χ4n) is 2.86. The van der Waals surface area contributed by atoms with Gasteiger partial charge < -0.3 is 15.5 Å². The Hall–Kier alpha value is -2.40. The number of hydrogen-bond acceptors (Lipinski definition) is 3. The number of aliphatic hydroxyl groups is 1. The Labute approximate surface area is 149 Å². The molecule has 1 atom stereocenters. The van der Waals surface area contributed by atoms with Crippen LogP contribution in [0, 0.1) is 0 Å². The van der Waals surface area contributed by atoms with E-state index in [1.165, 1.54) is 0 Å². The molecule has 4 heteroatoms. The van der Waals surface area contributed by atoms with Crippen LogP contribution in [0.4, 0.5) is 0 Å². The topological polar surface area (TPSA) is 55.5 Å². The minimum Gasteiger partial charge on any atom is -0.425 e. The van der Waals surface area contributed by atoms with Crippen LogP contribution in [0.25, 0.3) is 0 Å². The van der Waals surface area contributed by atoms with Crippen molar-refractivity contribution >= 4 is 17.8 Å². The summed E-state index contributed by atoms with van der Waals surface area (Å²) in [5, 5.41) is 9.42. The lowest BCUT2D eigenvalue weighted by atomic mass is 9.55.